The number of benzene rings is 1. The fraction of sp³-hybridized carbons (Fsp3) is 0.571. The van der Waals surface area contributed by atoms with Crippen molar-refractivity contribution < 1.29 is 44.6 Å². The van der Waals surface area contributed by atoms with Crippen LogP contribution in [-0.4, -0.2) is 49.7 Å². The Bertz CT molecular complexity index is 938. The van der Waals surface area contributed by atoms with Gasteiger partial charge in [-0.05, 0) is 19.3 Å². The molecule has 1 aromatic rings. The molecule has 4 rings (SSSR count). The Morgan fingerprint density at radius 1 is 1.16 bits per heavy atom. The maximum absolute atomic E-state index is 11.8. The van der Waals surface area contributed by atoms with E-state index in [0.717, 1.165) is 6.42 Å². The summed E-state index contributed by atoms with van der Waals surface area (Å²) < 4.78 is 10.7. The van der Waals surface area contributed by atoms with Gasteiger partial charge in [0.15, 0.2) is 16.9 Å². The third kappa shape index (κ3) is 3.24. The van der Waals surface area contributed by atoms with Crippen molar-refractivity contribution in [2.24, 2.45) is 23.2 Å². The molecule has 31 heavy (non-hydrogen) atoms. The molecule has 168 valence electrons. The molecular weight excluding hydrogens is 410 g/mol. The molecular formula is C21H25NO9. The molecule has 0 amide bonds. The number of nitrogens with zero attached hydrogens (tertiary/aromatic N) is 1. The minimum Gasteiger partial charge on any atom is -0.504 e. The number of ether oxygens (including phenoxy) is 2. The van der Waals surface area contributed by atoms with Crippen LogP contribution in [0.25, 0.3) is 0 Å². The second kappa shape index (κ2) is 7.72. The van der Waals surface area contributed by atoms with Crippen LogP contribution in [0.4, 0.5) is 0 Å². The van der Waals surface area contributed by atoms with E-state index in [1.54, 1.807) is 20.8 Å². The molecule has 5 atom stereocenters. The van der Waals surface area contributed by atoms with E-state index in [1.165, 1.54) is 0 Å². The minimum absolute atomic E-state index is 0.00667. The van der Waals surface area contributed by atoms with E-state index in [0.29, 0.717) is 6.42 Å². The quantitative estimate of drug-likeness (QED) is 0.267. The highest BCUT2D eigenvalue weighted by molar-refractivity contribution is 5.84. The lowest BCUT2D eigenvalue weighted by atomic mass is 9.74. The zero-order chi connectivity index (χ0) is 23.2. The number of fused-ring (bicyclic) bond motifs is 1. The number of rotatable bonds is 3. The third-order valence-corrected chi connectivity index (χ3v) is 6.31. The monoisotopic (exact) mass is 435 g/mol. The lowest BCUT2D eigenvalue weighted by Gasteiger charge is -2.28. The lowest BCUT2D eigenvalue weighted by molar-refractivity contribution is -0.164. The standard InChI is InChI=1S/C13H15NO4.C8H10O5/c1-6(2)11(15)17-9-7-3-8-10(9)18-12(16)13(8,4-7)5-14;1-2-3-4(9)6(11)8(13)7(12)5(3)10/h6-10H,3-4H2,1-2H3;9-13H,2H2,1H3. The zero-order valence-electron chi connectivity index (χ0n) is 17.3. The molecule has 5 unspecified atom stereocenters. The molecule has 10 heteroatoms. The van der Waals surface area contributed by atoms with Gasteiger partial charge in [0.05, 0.1) is 12.0 Å². The molecule has 1 heterocycles. The fourth-order valence-corrected chi connectivity index (χ4v) is 4.63. The maximum atomic E-state index is 11.8. The summed E-state index contributed by atoms with van der Waals surface area (Å²) in [6, 6.07) is 2.13. The van der Waals surface area contributed by atoms with Crippen molar-refractivity contribution in [2.75, 3.05) is 0 Å². The number of phenolic OH excluding ortho intramolecular Hbond substituents is 5. The second-order valence-corrected chi connectivity index (χ2v) is 8.39. The Hall–Kier alpha value is -3.35. The summed E-state index contributed by atoms with van der Waals surface area (Å²) in [6.07, 6.45) is 0.690. The summed E-state index contributed by atoms with van der Waals surface area (Å²) in [5.74, 6) is -4.69. The van der Waals surface area contributed by atoms with E-state index in [-0.39, 0.29) is 41.8 Å². The van der Waals surface area contributed by atoms with Gasteiger partial charge in [0, 0.05) is 17.4 Å². The molecule has 2 saturated carbocycles. The van der Waals surface area contributed by atoms with Crippen LogP contribution in [0, 0.1) is 34.5 Å². The van der Waals surface area contributed by atoms with Crippen LogP contribution in [0.15, 0.2) is 0 Å². The first-order chi connectivity index (χ1) is 14.5. The minimum atomic E-state index is -0.962. The van der Waals surface area contributed by atoms with Gasteiger partial charge >= 0.3 is 11.9 Å². The Morgan fingerprint density at radius 2 is 1.71 bits per heavy atom. The van der Waals surface area contributed by atoms with Crippen LogP contribution in [-0.2, 0) is 25.5 Å². The molecule has 1 aromatic carbocycles. The molecule has 1 saturated heterocycles. The molecule has 0 aromatic heterocycles. The summed E-state index contributed by atoms with van der Waals surface area (Å²) in [5, 5.41) is 54.7. The van der Waals surface area contributed by atoms with Crippen molar-refractivity contribution in [3.8, 4) is 34.8 Å². The van der Waals surface area contributed by atoms with Crippen LogP contribution in [0.5, 0.6) is 28.7 Å². The van der Waals surface area contributed by atoms with Gasteiger partial charge in [0.1, 0.15) is 12.2 Å². The number of esters is 2. The zero-order valence-corrected chi connectivity index (χ0v) is 17.3. The van der Waals surface area contributed by atoms with Gasteiger partial charge in [-0.1, -0.05) is 20.8 Å². The van der Waals surface area contributed by atoms with Gasteiger partial charge in [0.25, 0.3) is 0 Å². The maximum Gasteiger partial charge on any atom is 0.327 e. The van der Waals surface area contributed by atoms with E-state index in [9.17, 15) is 25.1 Å². The first-order valence-corrected chi connectivity index (χ1v) is 10.0. The van der Waals surface area contributed by atoms with Gasteiger partial charge in [-0.3, -0.25) is 9.59 Å². The average Bonchev–Trinajstić information content (AvgIpc) is 3.33. The summed E-state index contributed by atoms with van der Waals surface area (Å²) in [4.78, 5) is 23.5. The predicted octanol–water partition coefficient (Wildman–Crippen LogP) is 1.81. The number of carbonyl (C=O) groups is 2. The van der Waals surface area contributed by atoms with Gasteiger partial charge in [0.2, 0.25) is 17.2 Å². The molecule has 0 spiro atoms. The number of phenols is 5. The highest BCUT2D eigenvalue weighted by Gasteiger charge is 2.72. The SMILES string of the molecule is CC(C)C(=O)OC1C2CC3C1OC(=O)C3(C#N)C2.CCc1c(O)c(O)c(O)c(O)c1O. The first-order valence-electron chi connectivity index (χ1n) is 10.0. The normalized spacial score (nSPS) is 29.8. The van der Waals surface area contributed by atoms with Crippen LogP contribution in [0.2, 0.25) is 0 Å². The van der Waals surface area contributed by atoms with Crippen LogP contribution in [0.3, 0.4) is 0 Å². The van der Waals surface area contributed by atoms with Crippen molar-refractivity contribution in [3.63, 3.8) is 0 Å². The Balaban J connectivity index is 0.000000187. The summed E-state index contributed by atoms with van der Waals surface area (Å²) in [6.45, 7) is 5.16. The van der Waals surface area contributed by atoms with E-state index >= 15 is 0 Å². The number of carbonyl (C=O) groups excluding carboxylic acids is 2. The largest absolute Gasteiger partial charge is 0.504 e. The lowest BCUT2D eigenvalue weighted by Crippen LogP contribution is -2.40. The Morgan fingerprint density at radius 3 is 2.19 bits per heavy atom. The topological polar surface area (TPSA) is 178 Å². The number of aromatic hydroxyl groups is 5. The first kappa shape index (κ1) is 22.3. The van der Waals surface area contributed by atoms with Crippen LogP contribution < -0.4 is 0 Å². The summed E-state index contributed by atoms with van der Waals surface area (Å²) in [5.41, 5.74) is -0.969. The molecule has 3 aliphatic rings. The molecule has 2 aliphatic carbocycles. The Kier molecular flexibility index (Phi) is 5.56. The molecule has 10 nitrogen and oxygen atoms in total. The van der Waals surface area contributed by atoms with Gasteiger partial charge in [-0.15, -0.1) is 0 Å². The Labute approximate surface area is 178 Å². The smallest absolute Gasteiger partial charge is 0.327 e. The van der Waals surface area contributed by atoms with E-state index in [2.05, 4.69) is 6.07 Å². The summed E-state index contributed by atoms with van der Waals surface area (Å²) >= 11 is 0. The number of hydrogen-bond donors (Lipinski definition) is 5. The molecule has 2 bridgehead atoms. The predicted molar refractivity (Wildman–Crippen MR) is 103 cm³/mol. The third-order valence-electron chi connectivity index (χ3n) is 6.31. The van der Waals surface area contributed by atoms with E-state index in [4.69, 9.17) is 24.8 Å². The van der Waals surface area contributed by atoms with E-state index < -0.39 is 46.2 Å². The molecule has 3 fully saturated rings. The van der Waals surface area contributed by atoms with Crippen LogP contribution in [0.1, 0.15) is 39.2 Å². The van der Waals surface area contributed by atoms with E-state index in [1.807, 2.05) is 0 Å². The second-order valence-electron chi connectivity index (χ2n) is 8.39. The molecule has 0 radical (unpaired) electrons. The highest BCUT2D eigenvalue weighted by Crippen LogP contribution is 2.62. The average molecular weight is 435 g/mol. The number of nitriles is 1. The van der Waals surface area contributed by atoms with Crippen molar-refractivity contribution in [3.05, 3.63) is 5.56 Å². The van der Waals surface area contributed by atoms with Gasteiger partial charge < -0.3 is 35.0 Å². The number of hydrogen-bond acceptors (Lipinski definition) is 10. The van der Waals surface area contributed by atoms with Crippen LogP contribution >= 0.6 is 0 Å². The fourth-order valence-electron chi connectivity index (χ4n) is 4.63. The van der Waals surface area contributed by atoms with Gasteiger partial charge in [-0.2, -0.15) is 5.26 Å². The van der Waals surface area contributed by atoms with Crippen molar-refractivity contribution in [1.82, 2.24) is 0 Å². The van der Waals surface area contributed by atoms with Crippen molar-refractivity contribution in [2.45, 2.75) is 52.2 Å². The van der Waals surface area contributed by atoms with Gasteiger partial charge in [-0.25, -0.2) is 0 Å². The molecule has 5 N–H and O–H groups in total. The molecule has 1 aliphatic heterocycles. The summed E-state index contributed by atoms with van der Waals surface area (Å²) in [7, 11) is 0. The highest BCUT2D eigenvalue weighted by atomic mass is 16.6. The van der Waals surface area contributed by atoms with Crippen molar-refractivity contribution in [1.29, 1.82) is 5.26 Å². The van der Waals surface area contributed by atoms with Crippen molar-refractivity contribution >= 4 is 11.9 Å².